The van der Waals surface area contributed by atoms with Crippen molar-refractivity contribution in [1.29, 1.82) is 0 Å². The summed E-state index contributed by atoms with van der Waals surface area (Å²) in [5.41, 5.74) is 4.17. The molecular formula is C14H13Cl2NO2. The summed E-state index contributed by atoms with van der Waals surface area (Å²) < 4.78 is 0. The Morgan fingerprint density at radius 2 is 1.37 bits per heavy atom. The fourth-order valence-electron chi connectivity index (χ4n) is 2.28. The van der Waals surface area contributed by atoms with Crippen LogP contribution in [-0.2, 0) is 16.1 Å². The summed E-state index contributed by atoms with van der Waals surface area (Å²) in [6.45, 7) is 6.11. The number of carbonyl (C=O) groups excluding carboxylic acids is 2. The molecule has 0 N–H and O–H groups in total. The van der Waals surface area contributed by atoms with Gasteiger partial charge in [-0.2, -0.15) is 0 Å². The van der Waals surface area contributed by atoms with Gasteiger partial charge < -0.3 is 0 Å². The van der Waals surface area contributed by atoms with Crippen LogP contribution in [0.15, 0.2) is 22.2 Å². The van der Waals surface area contributed by atoms with Crippen LogP contribution in [-0.4, -0.2) is 16.7 Å². The molecule has 100 valence electrons. The molecule has 0 saturated carbocycles. The topological polar surface area (TPSA) is 37.4 Å². The van der Waals surface area contributed by atoms with Crippen molar-refractivity contribution in [2.45, 2.75) is 27.3 Å². The quantitative estimate of drug-likeness (QED) is 0.786. The third kappa shape index (κ3) is 2.40. The van der Waals surface area contributed by atoms with Gasteiger partial charge >= 0.3 is 0 Å². The second-order valence-corrected chi connectivity index (χ2v) is 5.46. The van der Waals surface area contributed by atoms with Gasteiger partial charge in [0.15, 0.2) is 0 Å². The fourth-order valence-corrected chi connectivity index (χ4v) is 2.64. The number of aryl methyl sites for hydroxylation is 3. The number of benzene rings is 1. The van der Waals surface area contributed by atoms with E-state index in [1.165, 1.54) is 0 Å². The molecule has 1 aromatic rings. The number of carbonyl (C=O) groups is 2. The fraction of sp³-hybridized carbons (Fsp3) is 0.286. The maximum atomic E-state index is 11.9. The molecule has 0 spiro atoms. The normalized spacial score (nSPS) is 15.7. The molecule has 0 bridgehead atoms. The molecular weight excluding hydrogens is 285 g/mol. The third-order valence-electron chi connectivity index (χ3n) is 3.22. The number of halogens is 2. The van der Waals surface area contributed by atoms with Gasteiger partial charge in [0.25, 0.3) is 11.8 Å². The molecule has 1 aliphatic rings. The lowest BCUT2D eigenvalue weighted by molar-refractivity contribution is -0.137. The Hall–Kier alpha value is -1.32. The van der Waals surface area contributed by atoms with E-state index in [4.69, 9.17) is 23.2 Å². The minimum Gasteiger partial charge on any atom is -0.268 e. The van der Waals surface area contributed by atoms with Crippen molar-refractivity contribution in [3.63, 3.8) is 0 Å². The van der Waals surface area contributed by atoms with Gasteiger partial charge in [-0.15, -0.1) is 0 Å². The zero-order chi connectivity index (χ0) is 14.3. The molecule has 0 aromatic heterocycles. The van der Waals surface area contributed by atoms with Gasteiger partial charge in [-0.05, 0) is 37.5 Å². The molecule has 2 rings (SSSR count). The number of rotatable bonds is 2. The molecule has 0 atom stereocenters. The standard InChI is InChI=1S/C14H13Cl2NO2/c1-7-4-8(2)10(9(3)5-7)6-17-13(18)11(15)12(16)14(17)19/h4-5H,6H2,1-3H3. The van der Waals surface area contributed by atoms with Gasteiger partial charge in [-0.3, -0.25) is 14.5 Å². The first kappa shape index (κ1) is 14.1. The molecule has 19 heavy (non-hydrogen) atoms. The summed E-state index contributed by atoms with van der Waals surface area (Å²) in [5.74, 6) is -1.06. The van der Waals surface area contributed by atoms with E-state index in [1.54, 1.807) is 0 Å². The number of imide groups is 1. The van der Waals surface area contributed by atoms with E-state index in [-0.39, 0.29) is 16.6 Å². The second-order valence-electron chi connectivity index (χ2n) is 4.70. The summed E-state index contributed by atoms with van der Waals surface area (Å²) in [5, 5.41) is -0.400. The van der Waals surface area contributed by atoms with E-state index >= 15 is 0 Å². The SMILES string of the molecule is Cc1cc(C)c(CN2C(=O)C(Cl)=C(Cl)C2=O)c(C)c1. The minimum atomic E-state index is -0.531. The predicted octanol–water partition coefficient (Wildman–Crippen LogP) is 3.17. The maximum absolute atomic E-state index is 11.9. The lowest BCUT2D eigenvalue weighted by atomic mass is 9.99. The number of hydrogen-bond acceptors (Lipinski definition) is 2. The largest absolute Gasteiger partial charge is 0.274 e. The summed E-state index contributed by atoms with van der Waals surface area (Å²) in [4.78, 5) is 24.8. The molecule has 5 heteroatoms. The van der Waals surface area contributed by atoms with Crippen LogP contribution < -0.4 is 0 Å². The molecule has 0 unspecified atom stereocenters. The van der Waals surface area contributed by atoms with Crippen LogP contribution in [0.1, 0.15) is 22.3 Å². The lowest BCUT2D eigenvalue weighted by Gasteiger charge is -2.18. The van der Waals surface area contributed by atoms with E-state index in [9.17, 15) is 9.59 Å². The highest BCUT2D eigenvalue weighted by molar-refractivity contribution is 6.58. The van der Waals surface area contributed by atoms with E-state index in [0.29, 0.717) is 0 Å². The Balaban J connectivity index is 2.34. The van der Waals surface area contributed by atoms with E-state index in [2.05, 4.69) is 0 Å². The van der Waals surface area contributed by atoms with Crippen molar-refractivity contribution in [3.05, 3.63) is 44.5 Å². The van der Waals surface area contributed by atoms with Crippen LogP contribution in [0.4, 0.5) is 0 Å². The average Bonchev–Trinajstić information content (AvgIpc) is 2.50. The molecule has 0 radical (unpaired) electrons. The Bertz CT molecular complexity index is 573. The number of amides is 2. The zero-order valence-corrected chi connectivity index (χ0v) is 12.4. The molecule has 0 saturated heterocycles. The summed E-state index contributed by atoms with van der Waals surface area (Å²) in [6.07, 6.45) is 0. The molecule has 2 amide bonds. The van der Waals surface area contributed by atoms with Crippen LogP contribution in [0.3, 0.4) is 0 Å². The van der Waals surface area contributed by atoms with Crippen molar-refractivity contribution in [1.82, 2.24) is 4.90 Å². The summed E-state index contributed by atoms with van der Waals surface area (Å²) >= 11 is 11.4. The summed E-state index contributed by atoms with van der Waals surface area (Å²) in [6, 6.07) is 4.04. The Labute approximate surface area is 121 Å². The van der Waals surface area contributed by atoms with Crippen LogP contribution in [0.25, 0.3) is 0 Å². The zero-order valence-electron chi connectivity index (χ0n) is 10.9. The molecule has 3 nitrogen and oxygen atoms in total. The van der Waals surface area contributed by atoms with Crippen molar-refractivity contribution in [3.8, 4) is 0 Å². The molecule has 1 aliphatic heterocycles. The van der Waals surface area contributed by atoms with Gasteiger partial charge in [-0.25, -0.2) is 0 Å². The number of nitrogens with zero attached hydrogens (tertiary/aromatic N) is 1. The smallest absolute Gasteiger partial charge is 0.268 e. The van der Waals surface area contributed by atoms with E-state index in [1.807, 2.05) is 32.9 Å². The van der Waals surface area contributed by atoms with Gasteiger partial charge in [0.2, 0.25) is 0 Å². The highest BCUT2D eigenvalue weighted by Crippen LogP contribution is 2.29. The van der Waals surface area contributed by atoms with Crippen molar-refractivity contribution < 1.29 is 9.59 Å². The van der Waals surface area contributed by atoms with Gasteiger partial charge in [0, 0.05) is 0 Å². The summed E-state index contributed by atoms with van der Waals surface area (Å²) in [7, 11) is 0. The molecule has 0 fully saturated rings. The Kier molecular flexibility index (Phi) is 3.70. The highest BCUT2D eigenvalue weighted by Gasteiger charge is 2.36. The third-order valence-corrected chi connectivity index (χ3v) is 4.01. The van der Waals surface area contributed by atoms with E-state index < -0.39 is 11.8 Å². The van der Waals surface area contributed by atoms with Crippen molar-refractivity contribution >= 4 is 35.0 Å². The van der Waals surface area contributed by atoms with Gasteiger partial charge in [0.1, 0.15) is 10.1 Å². The molecule has 0 aliphatic carbocycles. The average molecular weight is 298 g/mol. The van der Waals surface area contributed by atoms with Crippen LogP contribution >= 0.6 is 23.2 Å². The van der Waals surface area contributed by atoms with Gasteiger partial charge in [0.05, 0.1) is 6.54 Å². The Morgan fingerprint density at radius 3 is 1.79 bits per heavy atom. The lowest BCUT2D eigenvalue weighted by Crippen LogP contribution is -2.31. The van der Waals surface area contributed by atoms with Crippen LogP contribution in [0, 0.1) is 20.8 Å². The van der Waals surface area contributed by atoms with Crippen LogP contribution in [0.2, 0.25) is 0 Å². The molecule has 1 heterocycles. The van der Waals surface area contributed by atoms with Gasteiger partial charge in [-0.1, -0.05) is 40.9 Å². The number of hydrogen-bond donors (Lipinski definition) is 0. The maximum Gasteiger partial charge on any atom is 0.274 e. The van der Waals surface area contributed by atoms with Crippen LogP contribution in [0.5, 0.6) is 0 Å². The first-order chi connectivity index (χ1) is 8.82. The van der Waals surface area contributed by atoms with Crippen molar-refractivity contribution in [2.24, 2.45) is 0 Å². The van der Waals surface area contributed by atoms with Crippen molar-refractivity contribution in [2.75, 3.05) is 0 Å². The molecule has 1 aromatic carbocycles. The Morgan fingerprint density at radius 1 is 0.947 bits per heavy atom. The van der Waals surface area contributed by atoms with E-state index in [0.717, 1.165) is 27.2 Å². The first-order valence-corrected chi connectivity index (χ1v) is 6.56. The predicted molar refractivity (Wildman–Crippen MR) is 74.9 cm³/mol. The minimum absolute atomic E-state index is 0.196. The first-order valence-electron chi connectivity index (χ1n) is 5.81. The highest BCUT2D eigenvalue weighted by atomic mass is 35.5. The monoisotopic (exact) mass is 297 g/mol. The second kappa shape index (κ2) is 4.99.